The summed E-state index contributed by atoms with van der Waals surface area (Å²) in [4.78, 5) is 11.8. The third-order valence-electron chi connectivity index (χ3n) is 3.92. The first-order valence-corrected chi connectivity index (χ1v) is 8.07. The van der Waals surface area contributed by atoms with Crippen LogP contribution in [0.2, 0.25) is 0 Å². The summed E-state index contributed by atoms with van der Waals surface area (Å²) in [7, 11) is 1.69. The van der Waals surface area contributed by atoms with Crippen molar-refractivity contribution in [3.63, 3.8) is 0 Å². The molecule has 0 aromatic heterocycles. The lowest BCUT2D eigenvalue weighted by Gasteiger charge is -2.12. The van der Waals surface area contributed by atoms with Gasteiger partial charge in [-0.3, -0.25) is 4.79 Å². The minimum atomic E-state index is 0.146. The summed E-state index contributed by atoms with van der Waals surface area (Å²) in [6, 6.07) is 12.3. The Morgan fingerprint density at radius 3 is 2.73 bits per heavy atom. The SMILES string of the molecule is CCCCCC(=O)NCCc1c(OC)ccc2ccccc12. The number of fused-ring (bicyclic) bond motifs is 1. The van der Waals surface area contributed by atoms with Crippen LogP contribution in [0.25, 0.3) is 10.8 Å². The van der Waals surface area contributed by atoms with Gasteiger partial charge in [0.25, 0.3) is 0 Å². The number of carbonyl (C=O) groups excluding carboxylic acids is 1. The predicted molar refractivity (Wildman–Crippen MR) is 91.4 cm³/mol. The smallest absolute Gasteiger partial charge is 0.220 e. The van der Waals surface area contributed by atoms with E-state index in [1.807, 2.05) is 18.2 Å². The Labute approximate surface area is 132 Å². The molecule has 3 nitrogen and oxygen atoms in total. The number of benzene rings is 2. The van der Waals surface area contributed by atoms with Gasteiger partial charge < -0.3 is 10.1 Å². The Kier molecular flexibility index (Phi) is 6.26. The van der Waals surface area contributed by atoms with Crippen molar-refractivity contribution in [3.8, 4) is 5.75 Å². The van der Waals surface area contributed by atoms with Gasteiger partial charge in [0, 0.05) is 18.5 Å². The molecule has 0 unspecified atom stereocenters. The van der Waals surface area contributed by atoms with E-state index in [9.17, 15) is 4.79 Å². The molecule has 0 aliphatic rings. The van der Waals surface area contributed by atoms with Crippen LogP contribution in [0.4, 0.5) is 0 Å². The summed E-state index contributed by atoms with van der Waals surface area (Å²) in [5, 5.41) is 5.41. The van der Waals surface area contributed by atoms with E-state index >= 15 is 0 Å². The number of amides is 1. The van der Waals surface area contributed by atoms with Crippen LogP contribution in [0, 0.1) is 0 Å². The molecule has 22 heavy (non-hydrogen) atoms. The molecule has 0 spiro atoms. The largest absolute Gasteiger partial charge is 0.496 e. The van der Waals surface area contributed by atoms with E-state index in [0.29, 0.717) is 13.0 Å². The van der Waals surface area contributed by atoms with Crippen molar-refractivity contribution in [2.24, 2.45) is 0 Å². The van der Waals surface area contributed by atoms with Crippen LogP contribution in [0.3, 0.4) is 0 Å². The van der Waals surface area contributed by atoms with Gasteiger partial charge in [-0.15, -0.1) is 0 Å². The van der Waals surface area contributed by atoms with Gasteiger partial charge in [-0.25, -0.2) is 0 Å². The van der Waals surface area contributed by atoms with Crippen molar-refractivity contribution in [2.45, 2.75) is 39.0 Å². The summed E-state index contributed by atoms with van der Waals surface area (Å²) in [6.07, 6.45) is 4.63. The van der Waals surface area contributed by atoms with Crippen molar-refractivity contribution in [3.05, 3.63) is 42.0 Å². The van der Waals surface area contributed by atoms with Crippen molar-refractivity contribution in [2.75, 3.05) is 13.7 Å². The normalized spacial score (nSPS) is 10.6. The van der Waals surface area contributed by atoms with Gasteiger partial charge in [0.1, 0.15) is 5.75 Å². The third kappa shape index (κ3) is 4.23. The molecule has 2 aromatic rings. The average molecular weight is 299 g/mol. The fourth-order valence-electron chi connectivity index (χ4n) is 2.72. The topological polar surface area (TPSA) is 38.3 Å². The Bertz CT molecular complexity index is 622. The van der Waals surface area contributed by atoms with Crippen molar-refractivity contribution in [1.29, 1.82) is 0 Å². The van der Waals surface area contributed by atoms with Crippen LogP contribution in [-0.2, 0) is 11.2 Å². The number of rotatable bonds is 8. The first-order valence-electron chi connectivity index (χ1n) is 8.07. The number of carbonyl (C=O) groups is 1. The lowest BCUT2D eigenvalue weighted by Crippen LogP contribution is -2.25. The zero-order chi connectivity index (χ0) is 15.8. The molecule has 0 heterocycles. The third-order valence-corrected chi connectivity index (χ3v) is 3.92. The summed E-state index contributed by atoms with van der Waals surface area (Å²) in [6.45, 7) is 2.79. The molecule has 0 saturated carbocycles. The Morgan fingerprint density at radius 1 is 1.14 bits per heavy atom. The van der Waals surface area contributed by atoms with E-state index in [4.69, 9.17) is 4.74 Å². The van der Waals surface area contributed by atoms with Gasteiger partial charge in [-0.05, 0) is 29.7 Å². The maximum absolute atomic E-state index is 11.8. The summed E-state index contributed by atoms with van der Waals surface area (Å²) < 4.78 is 5.48. The van der Waals surface area contributed by atoms with Gasteiger partial charge in [-0.1, -0.05) is 50.1 Å². The number of nitrogens with one attached hydrogen (secondary N) is 1. The fourth-order valence-corrected chi connectivity index (χ4v) is 2.72. The highest BCUT2D eigenvalue weighted by molar-refractivity contribution is 5.87. The number of ether oxygens (including phenoxy) is 1. The average Bonchev–Trinajstić information content (AvgIpc) is 2.55. The van der Waals surface area contributed by atoms with Crippen LogP contribution in [0.5, 0.6) is 5.75 Å². The molecule has 0 bridgehead atoms. The molecule has 2 rings (SSSR count). The van der Waals surface area contributed by atoms with Gasteiger partial charge >= 0.3 is 0 Å². The zero-order valence-corrected chi connectivity index (χ0v) is 13.5. The molecule has 0 atom stereocenters. The van der Waals surface area contributed by atoms with Crippen LogP contribution in [0.15, 0.2) is 36.4 Å². The highest BCUT2D eigenvalue weighted by Crippen LogP contribution is 2.28. The number of hydrogen-bond acceptors (Lipinski definition) is 2. The van der Waals surface area contributed by atoms with Crippen molar-refractivity contribution < 1.29 is 9.53 Å². The van der Waals surface area contributed by atoms with E-state index in [1.54, 1.807) is 7.11 Å². The molecule has 1 N–H and O–H groups in total. The van der Waals surface area contributed by atoms with Gasteiger partial charge in [-0.2, -0.15) is 0 Å². The van der Waals surface area contributed by atoms with E-state index < -0.39 is 0 Å². The quantitative estimate of drug-likeness (QED) is 0.746. The first kappa shape index (κ1) is 16.3. The number of methoxy groups -OCH3 is 1. The second-order valence-corrected chi connectivity index (χ2v) is 5.52. The molecule has 0 saturated heterocycles. The first-order chi connectivity index (χ1) is 10.8. The Morgan fingerprint density at radius 2 is 1.95 bits per heavy atom. The summed E-state index contributed by atoms with van der Waals surface area (Å²) in [5.74, 6) is 1.03. The molecule has 0 radical (unpaired) electrons. The Hall–Kier alpha value is -2.03. The lowest BCUT2D eigenvalue weighted by atomic mass is 10.0. The molecule has 0 fully saturated rings. The molecule has 118 valence electrons. The predicted octanol–water partition coefficient (Wildman–Crippen LogP) is 4.09. The molecule has 1 amide bonds. The maximum Gasteiger partial charge on any atom is 0.220 e. The fraction of sp³-hybridized carbons (Fsp3) is 0.421. The van der Waals surface area contributed by atoms with E-state index in [-0.39, 0.29) is 5.91 Å². The standard InChI is InChI=1S/C19H25NO2/c1-3-4-5-10-19(21)20-14-13-17-16-9-7-6-8-15(16)11-12-18(17)22-2/h6-9,11-12H,3-5,10,13-14H2,1-2H3,(H,20,21). The molecule has 0 aliphatic heterocycles. The number of unbranched alkanes of at least 4 members (excludes halogenated alkanes) is 2. The van der Waals surface area contributed by atoms with Crippen LogP contribution in [0.1, 0.15) is 38.2 Å². The van der Waals surface area contributed by atoms with E-state index in [0.717, 1.165) is 37.0 Å². The van der Waals surface area contributed by atoms with E-state index in [1.165, 1.54) is 10.8 Å². The van der Waals surface area contributed by atoms with Crippen molar-refractivity contribution in [1.82, 2.24) is 5.32 Å². The molecule has 3 heteroatoms. The second-order valence-electron chi connectivity index (χ2n) is 5.52. The van der Waals surface area contributed by atoms with Gasteiger partial charge in [0.15, 0.2) is 0 Å². The summed E-state index contributed by atoms with van der Waals surface area (Å²) >= 11 is 0. The van der Waals surface area contributed by atoms with Gasteiger partial charge in [0.2, 0.25) is 5.91 Å². The lowest BCUT2D eigenvalue weighted by molar-refractivity contribution is -0.121. The highest BCUT2D eigenvalue weighted by Gasteiger charge is 2.08. The highest BCUT2D eigenvalue weighted by atomic mass is 16.5. The molecular weight excluding hydrogens is 274 g/mol. The van der Waals surface area contributed by atoms with Crippen LogP contribution in [-0.4, -0.2) is 19.6 Å². The minimum Gasteiger partial charge on any atom is -0.496 e. The molecular formula is C19H25NO2. The minimum absolute atomic E-state index is 0.146. The molecule has 0 aliphatic carbocycles. The van der Waals surface area contributed by atoms with Gasteiger partial charge in [0.05, 0.1) is 7.11 Å². The van der Waals surface area contributed by atoms with E-state index in [2.05, 4.69) is 30.4 Å². The molecule has 2 aromatic carbocycles. The van der Waals surface area contributed by atoms with Crippen LogP contribution >= 0.6 is 0 Å². The zero-order valence-electron chi connectivity index (χ0n) is 13.5. The van der Waals surface area contributed by atoms with Crippen molar-refractivity contribution >= 4 is 16.7 Å². The second kappa shape index (κ2) is 8.42. The number of hydrogen-bond donors (Lipinski definition) is 1. The summed E-state index contributed by atoms with van der Waals surface area (Å²) in [5.41, 5.74) is 1.16. The van der Waals surface area contributed by atoms with Crippen LogP contribution < -0.4 is 10.1 Å². The Balaban J connectivity index is 2.00. The monoisotopic (exact) mass is 299 g/mol. The maximum atomic E-state index is 11.8.